The van der Waals surface area contributed by atoms with Crippen molar-refractivity contribution < 1.29 is 22.7 Å². The number of amides is 2. The molecule has 0 bridgehead atoms. The van der Waals surface area contributed by atoms with Crippen LogP contribution in [0.25, 0.3) is 6.08 Å². The summed E-state index contributed by atoms with van der Waals surface area (Å²) in [5, 5.41) is 6.15. The number of hydrogen-bond acceptors (Lipinski definition) is 5. The first kappa shape index (κ1) is 22.1. The standard InChI is InChI=1S/C20H23N3O5S/c1-28-13-12-21-19(24)15-22-20(25)17-7-9-18(10-8-17)23-29(26,27)14-11-16-5-3-2-4-6-16/h2-11,14,23H,12-13,15H2,1H3,(H,21,24)(H,22,25)/b14-11+. The normalized spacial score (nSPS) is 11.2. The first-order chi connectivity index (χ1) is 13.9. The predicted molar refractivity (Wildman–Crippen MR) is 112 cm³/mol. The quantitative estimate of drug-likeness (QED) is 0.508. The van der Waals surface area contributed by atoms with E-state index in [9.17, 15) is 18.0 Å². The highest BCUT2D eigenvalue weighted by Gasteiger charge is 2.10. The van der Waals surface area contributed by atoms with E-state index in [2.05, 4.69) is 15.4 Å². The van der Waals surface area contributed by atoms with Crippen LogP contribution in [0, 0.1) is 0 Å². The average Bonchev–Trinajstić information content (AvgIpc) is 2.72. The molecule has 0 atom stereocenters. The first-order valence-corrected chi connectivity index (χ1v) is 10.3. The first-order valence-electron chi connectivity index (χ1n) is 8.79. The number of sulfonamides is 1. The van der Waals surface area contributed by atoms with E-state index < -0.39 is 15.9 Å². The summed E-state index contributed by atoms with van der Waals surface area (Å²) < 4.78 is 31.5. The van der Waals surface area contributed by atoms with Gasteiger partial charge < -0.3 is 15.4 Å². The van der Waals surface area contributed by atoms with Crippen LogP contribution in [0.2, 0.25) is 0 Å². The fourth-order valence-electron chi connectivity index (χ4n) is 2.24. The molecule has 9 heteroatoms. The number of carbonyl (C=O) groups is 2. The minimum Gasteiger partial charge on any atom is -0.383 e. The molecule has 29 heavy (non-hydrogen) atoms. The van der Waals surface area contributed by atoms with Crippen LogP contribution in [-0.2, 0) is 19.6 Å². The Morgan fingerprint density at radius 3 is 2.34 bits per heavy atom. The maximum Gasteiger partial charge on any atom is 0.255 e. The zero-order chi connectivity index (χ0) is 21.1. The Kier molecular flexibility index (Phi) is 8.38. The van der Waals surface area contributed by atoms with E-state index in [4.69, 9.17) is 4.74 Å². The van der Waals surface area contributed by atoms with Crippen molar-refractivity contribution >= 4 is 33.6 Å². The van der Waals surface area contributed by atoms with Crippen LogP contribution >= 0.6 is 0 Å². The van der Waals surface area contributed by atoms with Gasteiger partial charge in [-0.25, -0.2) is 8.42 Å². The van der Waals surface area contributed by atoms with Gasteiger partial charge in [-0.15, -0.1) is 0 Å². The number of nitrogens with one attached hydrogen (secondary N) is 3. The number of anilines is 1. The summed E-state index contributed by atoms with van der Waals surface area (Å²) in [4.78, 5) is 23.6. The molecule has 2 aromatic carbocycles. The van der Waals surface area contributed by atoms with Gasteiger partial charge in [-0.1, -0.05) is 30.3 Å². The monoisotopic (exact) mass is 417 g/mol. The maximum atomic E-state index is 12.1. The third-order valence-electron chi connectivity index (χ3n) is 3.68. The Labute approximate surface area is 170 Å². The van der Waals surface area contributed by atoms with Gasteiger partial charge >= 0.3 is 0 Å². The molecule has 2 amide bonds. The molecule has 0 unspecified atom stereocenters. The third-order valence-corrected chi connectivity index (χ3v) is 4.70. The van der Waals surface area contributed by atoms with Gasteiger partial charge in [0.25, 0.3) is 15.9 Å². The fraction of sp³-hybridized carbons (Fsp3) is 0.200. The van der Waals surface area contributed by atoms with Crippen molar-refractivity contribution in [2.24, 2.45) is 0 Å². The van der Waals surface area contributed by atoms with Gasteiger partial charge in [0.05, 0.1) is 18.6 Å². The van der Waals surface area contributed by atoms with Crippen LogP contribution in [0.5, 0.6) is 0 Å². The van der Waals surface area contributed by atoms with Crippen molar-refractivity contribution in [3.8, 4) is 0 Å². The highest BCUT2D eigenvalue weighted by molar-refractivity contribution is 7.95. The van der Waals surface area contributed by atoms with Gasteiger partial charge in [0.15, 0.2) is 0 Å². The lowest BCUT2D eigenvalue weighted by atomic mass is 10.2. The van der Waals surface area contributed by atoms with E-state index in [0.717, 1.165) is 11.0 Å². The van der Waals surface area contributed by atoms with E-state index in [1.165, 1.54) is 37.5 Å². The molecule has 154 valence electrons. The Morgan fingerprint density at radius 2 is 1.69 bits per heavy atom. The highest BCUT2D eigenvalue weighted by atomic mass is 32.2. The number of methoxy groups -OCH3 is 1. The predicted octanol–water partition coefficient (Wildman–Crippen LogP) is 1.59. The molecule has 0 saturated carbocycles. The van der Waals surface area contributed by atoms with Gasteiger partial charge in [0.2, 0.25) is 5.91 Å². The summed E-state index contributed by atoms with van der Waals surface area (Å²) >= 11 is 0. The molecular formula is C20H23N3O5S. The van der Waals surface area contributed by atoms with Crippen molar-refractivity contribution in [3.05, 3.63) is 71.1 Å². The van der Waals surface area contributed by atoms with Crippen LogP contribution in [0.4, 0.5) is 5.69 Å². The SMILES string of the molecule is COCCNC(=O)CNC(=O)c1ccc(NS(=O)(=O)/C=C/c2ccccc2)cc1. The molecule has 0 aliphatic rings. The van der Waals surface area contributed by atoms with E-state index in [-0.39, 0.29) is 12.5 Å². The second kappa shape index (κ2) is 11.0. The molecule has 0 radical (unpaired) electrons. The van der Waals surface area contributed by atoms with Crippen molar-refractivity contribution in [1.82, 2.24) is 10.6 Å². The van der Waals surface area contributed by atoms with Crippen molar-refractivity contribution in [2.45, 2.75) is 0 Å². The summed E-state index contributed by atoms with van der Waals surface area (Å²) in [6.07, 6.45) is 1.49. The van der Waals surface area contributed by atoms with Crippen LogP contribution < -0.4 is 15.4 Å². The lowest BCUT2D eigenvalue weighted by Gasteiger charge is -2.08. The minimum atomic E-state index is -3.69. The van der Waals surface area contributed by atoms with E-state index in [1.807, 2.05) is 18.2 Å². The molecule has 0 spiro atoms. The molecule has 0 aromatic heterocycles. The molecule has 3 N–H and O–H groups in total. The maximum absolute atomic E-state index is 12.1. The van der Waals surface area contributed by atoms with Crippen molar-refractivity contribution in [2.75, 3.05) is 31.5 Å². The molecule has 2 rings (SSSR count). The van der Waals surface area contributed by atoms with Crippen molar-refractivity contribution in [3.63, 3.8) is 0 Å². The molecule has 2 aromatic rings. The van der Waals surface area contributed by atoms with Gasteiger partial charge in [-0.05, 0) is 35.9 Å². The van der Waals surface area contributed by atoms with Crippen LogP contribution in [0.1, 0.15) is 15.9 Å². The van der Waals surface area contributed by atoms with Gasteiger partial charge in [0, 0.05) is 24.9 Å². The van der Waals surface area contributed by atoms with E-state index in [1.54, 1.807) is 12.1 Å². The lowest BCUT2D eigenvalue weighted by molar-refractivity contribution is -0.120. The zero-order valence-corrected chi connectivity index (χ0v) is 16.7. The topological polar surface area (TPSA) is 114 Å². The average molecular weight is 417 g/mol. The summed E-state index contributed by atoms with van der Waals surface area (Å²) in [5.74, 6) is -0.768. The minimum absolute atomic E-state index is 0.165. The Balaban J connectivity index is 1.88. The van der Waals surface area contributed by atoms with Crippen LogP contribution in [0.3, 0.4) is 0 Å². The Morgan fingerprint density at radius 1 is 1.00 bits per heavy atom. The summed E-state index contributed by atoms with van der Waals surface area (Å²) in [6, 6.07) is 14.9. The lowest BCUT2D eigenvalue weighted by Crippen LogP contribution is -2.38. The molecule has 0 aliphatic heterocycles. The molecule has 0 heterocycles. The fourth-order valence-corrected chi connectivity index (χ4v) is 3.11. The van der Waals surface area contributed by atoms with Gasteiger partial charge in [0.1, 0.15) is 0 Å². The third kappa shape index (κ3) is 8.16. The second-order valence-electron chi connectivity index (χ2n) is 5.96. The number of carbonyl (C=O) groups excluding carboxylic acids is 2. The highest BCUT2D eigenvalue weighted by Crippen LogP contribution is 2.13. The molecule has 0 fully saturated rings. The molecule has 0 aliphatic carbocycles. The van der Waals surface area contributed by atoms with E-state index in [0.29, 0.717) is 24.4 Å². The molecule has 8 nitrogen and oxygen atoms in total. The summed E-state index contributed by atoms with van der Waals surface area (Å²) in [6.45, 7) is 0.581. The summed E-state index contributed by atoms with van der Waals surface area (Å²) in [5.41, 5.74) is 1.38. The largest absolute Gasteiger partial charge is 0.383 e. The molecular weight excluding hydrogens is 394 g/mol. The van der Waals surface area contributed by atoms with Crippen LogP contribution in [-0.4, -0.2) is 47.0 Å². The number of ether oxygens (including phenoxy) is 1. The zero-order valence-electron chi connectivity index (χ0n) is 15.9. The van der Waals surface area contributed by atoms with Crippen molar-refractivity contribution in [1.29, 1.82) is 0 Å². The smallest absolute Gasteiger partial charge is 0.255 e. The summed E-state index contributed by atoms with van der Waals surface area (Å²) in [7, 11) is -2.17. The van der Waals surface area contributed by atoms with Gasteiger partial charge in [-0.2, -0.15) is 0 Å². The Bertz CT molecular complexity index is 942. The van der Waals surface area contributed by atoms with Gasteiger partial charge in [-0.3, -0.25) is 14.3 Å². The number of hydrogen-bond donors (Lipinski definition) is 3. The van der Waals surface area contributed by atoms with Crippen LogP contribution in [0.15, 0.2) is 60.0 Å². The molecule has 0 saturated heterocycles. The Hall–Kier alpha value is -3.17. The number of benzene rings is 2. The second-order valence-corrected chi connectivity index (χ2v) is 7.53. The van der Waals surface area contributed by atoms with E-state index >= 15 is 0 Å². The number of rotatable bonds is 10.